The molecule has 0 bridgehead atoms. The molecule has 0 amide bonds. The van der Waals surface area contributed by atoms with Crippen molar-refractivity contribution in [1.29, 1.82) is 0 Å². The average Bonchev–Trinajstić information content (AvgIpc) is 3.04. The molecule has 0 unspecified atom stereocenters. The number of hydrogen-bond donors (Lipinski definition) is 1. The van der Waals surface area contributed by atoms with Crippen LogP contribution in [0.2, 0.25) is 0 Å². The van der Waals surface area contributed by atoms with Crippen molar-refractivity contribution < 1.29 is 9.26 Å². The molecule has 0 spiro atoms. The van der Waals surface area contributed by atoms with Gasteiger partial charge >= 0.3 is 0 Å². The molecule has 0 saturated heterocycles. The van der Waals surface area contributed by atoms with Crippen LogP contribution in [0.5, 0.6) is 0 Å². The zero-order valence-corrected chi connectivity index (χ0v) is 10.3. The second-order valence-corrected chi connectivity index (χ2v) is 4.35. The zero-order valence-electron chi connectivity index (χ0n) is 10.3. The van der Waals surface area contributed by atoms with Crippen molar-refractivity contribution in [2.45, 2.75) is 19.5 Å². The average molecular weight is 245 g/mol. The molecular formula is C13H15N3O2. The lowest BCUT2D eigenvalue weighted by Gasteiger charge is -1.99. The largest absolute Gasteiger partial charge is 0.384 e. The van der Waals surface area contributed by atoms with Crippen LogP contribution < -0.4 is 5.32 Å². The fourth-order valence-electron chi connectivity index (χ4n) is 2.09. The van der Waals surface area contributed by atoms with E-state index in [1.54, 1.807) is 7.11 Å². The quantitative estimate of drug-likeness (QED) is 0.885. The molecule has 94 valence electrons. The van der Waals surface area contributed by atoms with E-state index in [2.05, 4.69) is 27.6 Å². The molecule has 5 heteroatoms. The number of nitrogens with zero attached hydrogens (tertiary/aromatic N) is 2. The Kier molecular flexibility index (Phi) is 3.08. The summed E-state index contributed by atoms with van der Waals surface area (Å²) in [6.45, 7) is 2.46. The van der Waals surface area contributed by atoms with Crippen molar-refractivity contribution in [3.8, 4) is 11.5 Å². The van der Waals surface area contributed by atoms with Gasteiger partial charge in [0.25, 0.3) is 5.89 Å². The van der Waals surface area contributed by atoms with Crippen LogP contribution in [0.15, 0.2) is 22.7 Å². The molecule has 1 aromatic heterocycles. The summed E-state index contributed by atoms with van der Waals surface area (Å²) < 4.78 is 10.3. The standard InChI is InChI=1S/C13H15N3O2/c1-17-5-4-12-15-13(18-16-12)9-2-3-10-7-14-8-11(10)6-9/h2-3,6,14H,4-5,7-8H2,1H3. The Hall–Kier alpha value is -1.72. The number of benzene rings is 1. The van der Waals surface area contributed by atoms with E-state index in [9.17, 15) is 0 Å². The minimum atomic E-state index is 0.579. The van der Waals surface area contributed by atoms with Crippen LogP contribution in [0.25, 0.3) is 11.5 Å². The minimum absolute atomic E-state index is 0.579. The van der Waals surface area contributed by atoms with Gasteiger partial charge in [0.1, 0.15) is 0 Å². The molecule has 0 saturated carbocycles. The first-order chi connectivity index (χ1) is 8.86. The second-order valence-electron chi connectivity index (χ2n) is 4.35. The van der Waals surface area contributed by atoms with E-state index in [1.165, 1.54) is 11.1 Å². The summed E-state index contributed by atoms with van der Waals surface area (Å²) in [5.41, 5.74) is 3.63. The Morgan fingerprint density at radius 3 is 3.11 bits per heavy atom. The topological polar surface area (TPSA) is 60.2 Å². The van der Waals surface area contributed by atoms with Gasteiger partial charge in [-0.2, -0.15) is 4.98 Å². The maximum Gasteiger partial charge on any atom is 0.257 e. The molecule has 18 heavy (non-hydrogen) atoms. The highest BCUT2D eigenvalue weighted by Crippen LogP contribution is 2.23. The lowest BCUT2D eigenvalue weighted by molar-refractivity contribution is 0.199. The Bertz CT molecular complexity index is 551. The second kappa shape index (κ2) is 4.88. The van der Waals surface area contributed by atoms with Crippen molar-refractivity contribution in [2.24, 2.45) is 0 Å². The number of rotatable bonds is 4. The van der Waals surface area contributed by atoms with Gasteiger partial charge in [-0.1, -0.05) is 11.2 Å². The molecule has 1 aromatic carbocycles. The van der Waals surface area contributed by atoms with Gasteiger partial charge in [0, 0.05) is 32.2 Å². The first-order valence-electron chi connectivity index (χ1n) is 6.01. The predicted molar refractivity (Wildman–Crippen MR) is 65.9 cm³/mol. The van der Waals surface area contributed by atoms with Gasteiger partial charge < -0.3 is 14.6 Å². The van der Waals surface area contributed by atoms with Gasteiger partial charge in [-0.15, -0.1) is 0 Å². The van der Waals surface area contributed by atoms with Crippen molar-refractivity contribution in [3.63, 3.8) is 0 Å². The minimum Gasteiger partial charge on any atom is -0.384 e. The number of nitrogens with one attached hydrogen (secondary N) is 1. The molecule has 1 aliphatic heterocycles. The highest BCUT2D eigenvalue weighted by molar-refractivity contribution is 5.56. The van der Waals surface area contributed by atoms with E-state index in [-0.39, 0.29) is 0 Å². The first kappa shape index (κ1) is 11.4. The van der Waals surface area contributed by atoms with Gasteiger partial charge in [0.15, 0.2) is 5.82 Å². The van der Waals surface area contributed by atoms with Crippen LogP contribution in [-0.4, -0.2) is 23.9 Å². The summed E-state index contributed by atoms with van der Waals surface area (Å²) in [6, 6.07) is 6.26. The van der Waals surface area contributed by atoms with Gasteiger partial charge in [0.2, 0.25) is 0 Å². The lowest BCUT2D eigenvalue weighted by atomic mass is 10.1. The third kappa shape index (κ3) is 2.14. The Labute approximate surface area is 105 Å². The van der Waals surface area contributed by atoms with E-state index in [0.717, 1.165) is 18.7 Å². The van der Waals surface area contributed by atoms with Gasteiger partial charge in [0.05, 0.1) is 6.61 Å². The predicted octanol–water partition coefficient (Wildman–Crippen LogP) is 1.53. The monoisotopic (exact) mass is 245 g/mol. The third-order valence-corrected chi connectivity index (χ3v) is 3.08. The first-order valence-corrected chi connectivity index (χ1v) is 6.01. The van der Waals surface area contributed by atoms with E-state index < -0.39 is 0 Å². The maximum atomic E-state index is 5.27. The highest BCUT2D eigenvalue weighted by Gasteiger charge is 2.14. The summed E-state index contributed by atoms with van der Waals surface area (Å²) in [5.74, 6) is 1.27. The number of hydrogen-bond acceptors (Lipinski definition) is 5. The van der Waals surface area contributed by atoms with Crippen LogP contribution in [-0.2, 0) is 24.2 Å². The van der Waals surface area contributed by atoms with Crippen LogP contribution >= 0.6 is 0 Å². The van der Waals surface area contributed by atoms with Crippen LogP contribution in [0, 0.1) is 0 Å². The van der Waals surface area contributed by atoms with Crippen molar-refractivity contribution in [3.05, 3.63) is 35.2 Å². The SMILES string of the molecule is COCCc1noc(-c2ccc3c(c2)CNC3)n1. The van der Waals surface area contributed by atoms with Crippen molar-refractivity contribution in [1.82, 2.24) is 15.5 Å². The van der Waals surface area contributed by atoms with E-state index in [0.29, 0.717) is 24.7 Å². The van der Waals surface area contributed by atoms with Crippen LogP contribution in [0.1, 0.15) is 17.0 Å². The molecule has 0 fully saturated rings. The normalized spacial score (nSPS) is 13.8. The molecule has 1 aliphatic rings. The fourth-order valence-corrected chi connectivity index (χ4v) is 2.09. The summed E-state index contributed by atoms with van der Waals surface area (Å²) in [5, 5.41) is 7.26. The van der Waals surface area contributed by atoms with Crippen molar-refractivity contribution >= 4 is 0 Å². The highest BCUT2D eigenvalue weighted by atomic mass is 16.5. The Morgan fingerprint density at radius 2 is 2.22 bits per heavy atom. The summed E-state index contributed by atoms with van der Waals surface area (Å²) in [4.78, 5) is 4.37. The molecule has 2 aromatic rings. The van der Waals surface area contributed by atoms with E-state index >= 15 is 0 Å². The molecule has 0 radical (unpaired) electrons. The molecule has 1 N–H and O–H groups in total. The van der Waals surface area contributed by atoms with Crippen LogP contribution in [0.4, 0.5) is 0 Å². The Balaban J connectivity index is 1.83. The molecule has 2 heterocycles. The zero-order chi connectivity index (χ0) is 12.4. The number of methoxy groups -OCH3 is 1. The van der Waals surface area contributed by atoms with E-state index in [4.69, 9.17) is 9.26 Å². The lowest BCUT2D eigenvalue weighted by Crippen LogP contribution is -1.99. The van der Waals surface area contributed by atoms with Gasteiger partial charge in [-0.05, 0) is 23.3 Å². The number of aromatic nitrogens is 2. The third-order valence-electron chi connectivity index (χ3n) is 3.08. The number of fused-ring (bicyclic) bond motifs is 1. The summed E-state index contributed by atoms with van der Waals surface area (Å²) in [6.07, 6.45) is 0.673. The molecule has 0 atom stereocenters. The molecular weight excluding hydrogens is 230 g/mol. The van der Waals surface area contributed by atoms with Gasteiger partial charge in [-0.3, -0.25) is 0 Å². The summed E-state index contributed by atoms with van der Waals surface area (Å²) in [7, 11) is 1.66. The van der Waals surface area contributed by atoms with E-state index in [1.807, 2.05) is 6.07 Å². The van der Waals surface area contributed by atoms with Crippen molar-refractivity contribution in [2.75, 3.05) is 13.7 Å². The molecule has 0 aliphatic carbocycles. The summed E-state index contributed by atoms with van der Waals surface area (Å²) >= 11 is 0. The molecule has 5 nitrogen and oxygen atoms in total. The molecule has 3 rings (SSSR count). The van der Waals surface area contributed by atoms with Crippen LogP contribution in [0.3, 0.4) is 0 Å². The Morgan fingerprint density at radius 1 is 1.33 bits per heavy atom. The number of ether oxygens (including phenoxy) is 1. The fraction of sp³-hybridized carbons (Fsp3) is 0.385. The maximum absolute atomic E-state index is 5.27. The van der Waals surface area contributed by atoms with Gasteiger partial charge in [-0.25, -0.2) is 0 Å². The smallest absolute Gasteiger partial charge is 0.257 e.